The Morgan fingerprint density at radius 1 is 1.20 bits per heavy atom. The number of carbonyl (C=O) groups excluding carboxylic acids is 1. The number of rotatable bonds is 5. The van der Waals surface area contributed by atoms with Crippen LogP contribution >= 0.6 is 0 Å². The van der Waals surface area contributed by atoms with E-state index in [1.807, 2.05) is 42.5 Å². The summed E-state index contributed by atoms with van der Waals surface area (Å²) in [6, 6.07) is 13.3. The smallest absolute Gasteiger partial charge is 0.249 e. The van der Waals surface area contributed by atoms with E-state index < -0.39 is 0 Å². The summed E-state index contributed by atoms with van der Waals surface area (Å²) in [7, 11) is 0. The Morgan fingerprint density at radius 2 is 2.08 bits per heavy atom. The molecule has 0 unspecified atom stereocenters. The Kier molecular flexibility index (Phi) is 4.65. The van der Waals surface area contributed by atoms with E-state index in [4.69, 9.17) is 9.47 Å². The quantitative estimate of drug-likeness (QED) is 0.909. The monoisotopic (exact) mass is 338 g/mol. The van der Waals surface area contributed by atoms with Gasteiger partial charge in [0.2, 0.25) is 11.8 Å². The molecule has 5 nitrogen and oxygen atoms in total. The molecule has 5 heteroatoms. The second-order valence-electron chi connectivity index (χ2n) is 6.75. The van der Waals surface area contributed by atoms with Crippen molar-refractivity contribution < 1.29 is 14.3 Å². The molecule has 130 valence electrons. The van der Waals surface area contributed by atoms with Crippen molar-refractivity contribution in [3.63, 3.8) is 0 Å². The second-order valence-corrected chi connectivity index (χ2v) is 6.75. The molecule has 0 spiro atoms. The molecular formula is C20H22N2O3. The van der Waals surface area contributed by atoms with Gasteiger partial charge in [-0.25, -0.2) is 4.98 Å². The van der Waals surface area contributed by atoms with Crippen LogP contribution in [0.2, 0.25) is 0 Å². The van der Waals surface area contributed by atoms with E-state index in [9.17, 15) is 4.79 Å². The Labute approximate surface area is 147 Å². The highest BCUT2D eigenvalue weighted by Crippen LogP contribution is 2.40. The predicted molar refractivity (Wildman–Crippen MR) is 93.2 cm³/mol. The van der Waals surface area contributed by atoms with E-state index in [1.54, 1.807) is 6.20 Å². The Hall–Kier alpha value is -2.40. The number of hydrogen-bond acceptors (Lipinski definition) is 4. The van der Waals surface area contributed by atoms with E-state index in [0.29, 0.717) is 24.3 Å². The number of amides is 1. The maximum absolute atomic E-state index is 12.4. The van der Waals surface area contributed by atoms with Crippen molar-refractivity contribution in [2.75, 3.05) is 6.61 Å². The zero-order valence-corrected chi connectivity index (χ0v) is 14.1. The third-order valence-corrected chi connectivity index (χ3v) is 5.08. The maximum Gasteiger partial charge on any atom is 0.249 e. The fourth-order valence-corrected chi connectivity index (χ4v) is 3.77. The molecule has 2 fully saturated rings. The van der Waals surface area contributed by atoms with Crippen molar-refractivity contribution in [3.05, 3.63) is 54.2 Å². The van der Waals surface area contributed by atoms with Crippen LogP contribution in [0.5, 0.6) is 11.6 Å². The van der Waals surface area contributed by atoms with Crippen LogP contribution in [-0.2, 0) is 16.1 Å². The summed E-state index contributed by atoms with van der Waals surface area (Å²) in [4.78, 5) is 16.7. The molecule has 1 aliphatic carbocycles. The van der Waals surface area contributed by atoms with E-state index in [2.05, 4.69) is 10.3 Å². The first-order valence-electron chi connectivity index (χ1n) is 8.87. The van der Waals surface area contributed by atoms with Crippen LogP contribution in [0.15, 0.2) is 48.7 Å². The van der Waals surface area contributed by atoms with E-state index in [1.165, 1.54) is 12.8 Å². The minimum atomic E-state index is -0.277. The number of benzene rings is 1. The second kappa shape index (κ2) is 7.23. The maximum atomic E-state index is 12.4. The van der Waals surface area contributed by atoms with Gasteiger partial charge < -0.3 is 14.8 Å². The molecule has 1 N–H and O–H groups in total. The third-order valence-electron chi connectivity index (χ3n) is 5.08. The van der Waals surface area contributed by atoms with Gasteiger partial charge in [-0.05, 0) is 42.4 Å². The van der Waals surface area contributed by atoms with Gasteiger partial charge in [-0.3, -0.25) is 4.79 Å². The number of pyridine rings is 1. The van der Waals surface area contributed by atoms with Crippen LogP contribution in [0.1, 0.15) is 24.8 Å². The van der Waals surface area contributed by atoms with E-state index in [0.717, 1.165) is 24.3 Å². The molecule has 2 aromatic rings. The highest BCUT2D eigenvalue weighted by atomic mass is 16.5. The van der Waals surface area contributed by atoms with Crippen molar-refractivity contribution in [2.24, 2.45) is 11.8 Å². The number of nitrogens with zero attached hydrogens (tertiary/aromatic N) is 1. The molecule has 25 heavy (non-hydrogen) atoms. The lowest BCUT2D eigenvalue weighted by Crippen LogP contribution is -2.37. The van der Waals surface area contributed by atoms with Gasteiger partial charge in [0.1, 0.15) is 11.9 Å². The number of carbonyl (C=O) groups is 1. The SMILES string of the molecule is O=C(NCc1ccc(Oc2ccccc2)nc1)[C@@H]1OC[C@@H]2CCC[C@@H]21. The Bertz CT molecular complexity index is 717. The Morgan fingerprint density at radius 3 is 2.88 bits per heavy atom. The van der Waals surface area contributed by atoms with Gasteiger partial charge in [-0.2, -0.15) is 0 Å². The standard InChI is InChI=1S/C20H22N2O3/c23-20(19-17-8-4-5-15(17)13-24-19)22-12-14-9-10-18(21-11-14)25-16-6-2-1-3-7-16/h1-3,6-7,9-11,15,17,19H,4-5,8,12-13H2,(H,22,23)/t15-,17-,19+/m0/s1. The number of ether oxygens (including phenoxy) is 2. The highest BCUT2D eigenvalue weighted by molar-refractivity contribution is 5.81. The molecule has 4 rings (SSSR count). The summed E-state index contributed by atoms with van der Waals surface area (Å²) in [5, 5.41) is 2.98. The molecule has 1 aromatic carbocycles. The zero-order chi connectivity index (χ0) is 17.1. The summed E-state index contributed by atoms with van der Waals surface area (Å²) in [6.07, 6.45) is 4.97. The first-order valence-corrected chi connectivity index (χ1v) is 8.87. The van der Waals surface area contributed by atoms with Crippen molar-refractivity contribution in [3.8, 4) is 11.6 Å². The molecule has 0 bridgehead atoms. The lowest BCUT2D eigenvalue weighted by atomic mass is 9.94. The summed E-state index contributed by atoms with van der Waals surface area (Å²) in [6.45, 7) is 1.19. The number of para-hydroxylation sites is 1. The minimum absolute atomic E-state index is 0.000915. The van der Waals surface area contributed by atoms with Crippen molar-refractivity contribution in [2.45, 2.75) is 31.9 Å². The molecular weight excluding hydrogens is 316 g/mol. The predicted octanol–water partition coefficient (Wildman–Crippen LogP) is 3.31. The molecule has 0 radical (unpaired) electrons. The van der Waals surface area contributed by atoms with Gasteiger partial charge in [0.05, 0.1) is 6.61 Å². The van der Waals surface area contributed by atoms with Gasteiger partial charge in [0.25, 0.3) is 0 Å². The number of hydrogen-bond donors (Lipinski definition) is 1. The van der Waals surface area contributed by atoms with Crippen LogP contribution in [0.25, 0.3) is 0 Å². The van der Waals surface area contributed by atoms with Gasteiger partial charge in [0.15, 0.2) is 0 Å². The van der Waals surface area contributed by atoms with Crippen molar-refractivity contribution >= 4 is 5.91 Å². The van der Waals surface area contributed by atoms with Crippen molar-refractivity contribution in [1.82, 2.24) is 10.3 Å². The average Bonchev–Trinajstić information content (AvgIpc) is 3.25. The van der Waals surface area contributed by atoms with Crippen LogP contribution in [-0.4, -0.2) is 23.6 Å². The summed E-state index contributed by atoms with van der Waals surface area (Å²) < 4.78 is 11.4. The topological polar surface area (TPSA) is 60.5 Å². The lowest BCUT2D eigenvalue weighted by Gasteiger charge is -2.16. The number of fused-ring (bicyclic) bond motifs is 1. The highest BCUT2D eigenvalue weighted by Gasteiger charge is 2.43. The molecule has 2 heterocycles. The summed E-state index contributed by atoms with van der Waals surface area (Å²) in [5.74, 6) is 2.26. The van der Waals surface area contributed by atoms with Crippen LogP contribution in [0, 0.1) is 11.8 Å². The molecule has 1 amide bonds. The molecule has 1 aliphatic heterocycles. The van der Waals surface area contributed by atoms with Gasteiger partial charge in [0, 0.05) is 18.8 Å². The van der Waals surface area contributed by atoms with Crippen LogP contribution in [0.4, 0.5) is 0 Å². The summed E-state index contributed by atoms with van der Waals surface area (Å²) >= 11 is 0. The average molecular weight is 338 g/mol. The molecule has 1 aromatic heterocycles. The van der Waals surface area contributed by atoms with Gasteiger partial charge in [-0.1, -0.05) is 30.7 Å². The first kappa shape index (κ1) is 16.1. The Balaban J connectivity index is 1.30. The fourth-order valence-electron chi connectivity index (χ4n) is 3.77. The largest absolute Gasteiger partial charge is 0.439 e. The van der Waals surface area contributed by atoms with Crippen LogP contribution in [0.3, 0.4) is 0 Å². The van der Waals surface area contributed by atoms with Gasteiger partial charge in [-0.15, -0.1) is 0 Å². The normalized spacial score (nSPS) is 24.7. The van der Waals surface area contributed by atoms with Crippen molar-refractivity contribution in [1.29, 1.82) is 0 Å². The van der Waals surface area contributed by atoms with E-state index in [-0.39, 0.29) is 12.0 Å². The third kappa shape index (κ3) is 3.66. The number of nitrogens with one attached hydrogen (secondary N) is 1. The summed E-state index contributed by atoms with van der Waals surface area (Å²) in [5.41, 5.74) is 0.940. The molecule has 2 aliphatic rings. The number of aromatic nitrogens is 1. The van der Waals surface area contributed by atoms with Gasteiger partial charge >= 0.3 is 0 Å². The molecule has 1 saturated carbocycles. The minimum Gasteiger partial charge on any atom is -0.439 e. The lowest BCUT2D eigenvalue weighted by molar-refractivity contribution is -0.132. The first-order chi connectivity index (χ1) is 12.3. The molecule has 3 atom stereocenters. The van der Waals surface area contributed by atoms with E-state index >= 15 is 0 Å². The zero-order valence-electron chi connectivity index (χ0n) is 14.1. The van der Waals surface area contributed by atoms with Crippen LogP contribution < -0.4 is 10.1 Å². The molecule has 1 saturated heterocycles. The fraction of sp³-hybridized carbons (Fsp3) is 0.400.